The van der Waals surface area contributed by atoms with Crippen molar-refractivity contribution < 1.29 is 22.7 Å². The standard InChI is InChI=1S/C17H23F3N2O2/c1-3-22-8-6-12(7-9-22)16(23)21-11-13-4-5-14(24-2)10-15(13)17(18,19)20/h4-5,10,12H,3,6-9,11H2,1-2H3,(H,21,23). The van der Waals surface area contributed by atoms with Crippen molar-refractivity contribution in [1.29, 1.82) is 0 Å². The van der Waals surface area contributed by atoms with Crippen molar-refractivity contribution in [1.82, 2.24) is 10.2 Å². The molecule has 0 bridgehead atoms. The lowest BCUT2D eigenvalue weighted by Crippen LogP contribution is -2.40. The van der Waals surface area contributed by atoms with Crippen LogP contribution in [0, 0.1) is 5.92 Å². The van der Waals surface area contributed by atoms with Gasteiger partial charge in [0, 0.05) is 12.5 Å². The Morgan fingerprint density at radius 2 is 2.00 bits per heavy atom. The Morgan fingerprint density at radius 3 is 2.54 bits per heavy atom. The van der Waals surface area contributed by atoms with Crippen molar-refractivity contribution in [2.24, 2.45) is 5.92 Å². The lowest BCUT2D eigenvalue weighted by Gasteiger charge is -2.30. The second-order valence-electron chi connectivity index (χ2n) is 5.95. The van der Waals surface area contributed by atoms with Gasteiger partial charge in [-0.25, -0.2) is 0 Å². The molecule has 134 valence electrons. The van der Waals surface area contributed by atoms with Crippen LogP contribution in [0.25, 0.3) is 0 Å². The van der Waals surface area contributed by atoms with E-state index in [2.05, 4.69) is 17.1 Å². The second-order valence-corrected chi connectivity index (χ2v) is 5.95. The Bertz CT molecular complexity index is 567. The quantitative estimate of drug-likeness (QED) is 0.893. The summed E-state index contributed by atoms with van der Waals surface area (Å²) in [5.41, 5.74) is -0.731. The molecular weight excluding hydrogens is 321 g/mol. The molecular formula is C17H23F3N2O2. The van der Waals surface area contributed by atoms with Gasteiger partial charge in [-0.3, -0.25) is 4.79 Å². The summed E-state index contributed by atoms with van der Waals surface area (Å²) in [5, 5.41) is 2.65. The van der Waals surface area contributed by atoms with Gasteiger partial charge < -0.3 is 15.0 Å². The van der Waals surface area contributed by atoms with E-state index in [9.17, 15) is 18.0 Å². The fourth-order valence-electron chi connectivity index (χ4n) is 2.94. The Labute approximate surface area is 140 Å². The zero-order valence-electron chi connectivity index (χ0n) is 13.9. The Balaban J connectivity index is 2.00. The number of hydrogen-bond acceptors (Lipinski definition) is 3. The maximum atomic E-state index is 13.2. The SMILES string of the molecule is CCN1CCC(C(=O)NCc2ccc(OC)cc2C(F)(F)F)CC1. The summed E-state index contributed by atoms with van der Waals surface area (Å²) in [5.74, 6) is -0.153. The third-order valence-corrected chi connectivity index (χ3v) is 4.48. The van der Waals surface area contributed by atoms with Crippen LogP contribution >= 0.6 is 0 Å². The maximum Gasteiger partial charge on any atom is 0.416 e. The molecule has 0 unspecified atom stereocenters. The molecule has 7 heteroatoms. The van der Waals surface area contributed by atoms with Crippen LogP contribution in [0.5, 0.6) is 5.75 Å². The van der Waals surface area contributed by atoms with Gasteiger partial charge in [0.2, 0.25) is 5.91 Å². The van der Waals surface area contributed by atoms with Crippen LogP contribution < -0.4 is 10.1 Å². The summed E-state index contributed by atoms with van der Waals surface area (Å²) in [4.78, 5) is 14.5. The van der Waals surface area contributed by atoms with Crippen molar-refractivity contribution >= 4 is 5.91 Å². The number of halogens is 3. The van der Waals surface area contributed by atoms with Crippen LogP contribution in [0.15, 0.2) is 18.2 Å². The van der Waals surface area contributed by atoms with E-state index in [1.807, 2.05) is 0 Å². The van der Waals surface area contributed by atoms with E-state index in [4.69, 9.17) is 4.74 Å². The largest absolute Gasteiger partial charge is 0.497 e. The highest BCUT2D eigenvalue weighted by Gasteiger charge is 2.34. The molecule has 1 fully saturated rings. The number of ether oxygens (including phenoxy) is 1. The van der Waals surface area contributed by atoms with Crippen LogP contribution in [0.3, 0.4) is 0 Å². The first-order valence-corrected chi connectivity index (χ1v) is 8.09. The number of likely N-dealkylation sites (tertiary alicyclic amines) is 1. The van der Waals surface area contributed by atoms with Gasteiger partial charge in [0.05, 0.1) is 12.7 Å². The Hall–Kier alpha value is -1.76. The van der Waals surface area contributed by atoms with Gasteiger partial charge in [-0.15, -0.1) is 0 Å². The Morgan fingerprint density at radius 1 is 1.33 bits per heavy atom. The molecule has 1 saturated heterocycles. The van der Waals surface area contributed by atoms with Crippen molar-refractivity contribution in [2.75, 3.05) is 26.7 Å². The van der Waals surface area contributed by atoms with E-state index >= 15 is 0 Å². The number of piperidine rings is 1. The first kappa shape index (κ1) is 18.6. The highest BCUT2D eigenvalue weighted by Crippen LogP contribution is 2.34. The number of alkyl halides is 3. The average Bonchev–Trinajstić information content (AvgIpc) is 2.58. The zero-order chi connectivity index (χ0) is 17.7. The zero-order valence-corrected chi connectivity index (χ0v) is 13.9. The van der Waals surface area contributed by atoms with Crippen molar-refractivity contribution in [3.8, 4) is 5.75 Å². The van der Waals surface area contributed by atoms with Crippen molar-refractivity contribution in [2.45, 2.75) is 32.5 Å². The predicted molar refractivity (Wildman–Crippen MR) is 84.7 cm³/mol. The van der Waals surface area contributed by atoms with Crippen LogP contribution in [0.1, 0.15) is 30.9 Å². The third-order valence-electron chi connectivity index (χ3n) is 4.48. The van der Waals surface area contributed by atoms with Gasteiger partial charge in [-0.1, -0.05) is 13.0 Å². The predicted octanol–water partition coefficient (Wildman–Crippen LogP) is 3.06. The van der Waals surface area contributed by atoms with E-state index in [0.29, 0.717) is 0 Å². The highest BCUT2D eigenvalue weighted by atomic mass is 19.4. The van der Waals surface area contributed by atoms with Crippen LogP contribution in [-0.2, 0) is 17.5 Å². The minimum Gasteiger partial charge on any atom is -0.497 e. The molecule has 0 radical (unpaired) electrons. The van der Waals surface area contributed by atoms with Crippen LogP contribution in [0.2, 0.25) is 0 Å². The number of amides is 1. The summed E-state index contributed by atoms with van der Waals surface area (Å²) in [7, 11) is 1.32. The molecule has 1 aromatic carbocycles. The van der Waals surface area contributed by atoms with Crippen molar-refractivity contribution in [3.63, 3.8) is 0 Å². The number of nitrogens with zero attached hydrogens (tertiary/aromatic N) is 1. The maximum absolute atomic E-state index is 13.2. The Kier molecular flexibility index (Phi) is 6.10. The third kappa shape index (κ3) is 4.63. The lowest BCUT2D eigenvalue weighted by molar-refractivity contribution is -0.138. The molecule has 0 aromatic heterocycles. The fraction of sp³-hybridized carbons (Fsp3) is 0.588. The molecule has 0 aliphatic carbocycles. The molecule has 1 aromatic rings. The van der Waals surface area contributed by atoms with Gasteiger partial charge in [0.15, 0.2) is 0 Å². The summed E-state index contributed by atoms with van der Waals surface area (Å²) in [6, 6.07) is 3.78. The van der Waals surface area contributed by atoms with Gasteiger partial charge in [0.1, 0.15) is 5.75 Å². The minimum atomic E-state index is -4.49. The number of hydrogen-bond donors (Lipinski definition) is 1. The summed E-state index contributed by atoms with van der Waals surface area (Å²) in [6.07, 6.45) is -3.00. The van der Waals surface area contributed by atoms with E-state index in [1.54, 1.807) is 0 Å². The summed E-state index contributed by atoms with van der Waals surface area (Å²) in [6.45, 7) is 4.60. The van der Waals surface area contributed by atoms with Gasteiger partial charge in [0.25, 0.3) is 0 Å². The summed E-state index contributed by atoms with van der Waals surface area (Å²) < 4.78 is 44.3. The van der Waals surface area contributed by atoms with Gasteiger partial charge in [-0.2, -0.15) is 13.2 Å². The molecule has 4 nitrogen and oxygen atoms in total. The molecule has 0 atom stereocenters. The number of methoxy groups -OCH3 is 1. The molecule has 24 heavy (non-hydrogen) atoms. The van der Waals surface area contributed by atoms with E-state index < -0.39 is 11.7 Å². The van der Waals surface area contributed by atoms with E-state index in [-0.39, 0.29) is 29.7 Å². The number of benzene rings is 1. The van der Waals surface area contributed by atoms with Gasteiger partial charge in [-0.05, 0) is 50.2 Å². The lowest BCUT2D eigenvalue weighted by atomic mass is 9.95. The molecule has 2 rings (SSSR count). The summed E-state index contributed by atoms with van der Waals surface area (Å²) >= 11 is 0. The topological polar surface area (TPSA) is 41.6 Å². The molecule has 1 heterocycles. The first-order chi connectivity index (χ1) is 11.3. The molecule has 1 aliphatic rings. The molecule has 0 spiro atoms. The van der Waals surface area contributed by atoms with Gasteiger partial charge >= 0.3 is 6.18 Å². The average molecular weight is 344 g/mol. The van der Waals surface area contributed by atoms with E-state index in [1.165, 1.54) is 19.2 Å². The van der Waals surface area contributed by atoms with Crippen LogP contribution in [0.4, 0.5) is 13.2 Å². The van der Waals surface area contributed by atoms with E-state index in [0.717, 1.165) is 38.5 Å². The number of rotatable bonds is 5. The molecule has 0 saturated carbocycles. The minimum absolute atomic E-state index is 0.0441. The molecule has 1 amide bonds. The van der Waals surface area contributed by atoms with Crippen LogP contribution in [-0.4, -0.2) is 37.6 Å². The normalized spacial score (nSPS) is 16.9. The highest BCUT2D eigenvalue weighted by molar-refractivity contribution is 5.78. The number of carbonyl (C=O) groups excluding carboxylic acids is 1. The fourth-order valence-corrected chi connectivity index (χ4v) is 2.94. The number of nitrogens with one attached hydrogen (secondary N) is 1. The first-order valence-electron chi connectivity index (χ1n) is 8.09. The molecule has 1 aliphatic heterocycles. The van der Waals surface area contributed by atoms with Crippen molar-refractivity contribution in [3.05, 3.63) is 29.3 Å². The second kappa shape index (κ2) is 7.88. The smallest absolute Gasteiger partial charge is 0.416 e. The monoisotopic (exact) mass is 344 g/mol. The number of carbonyl (C=O) groups is 1. The molecule has 1 N–H and O–H groups in total.